The third-order valence-corrected chi connectivity index (χ3v) is 4.79. The van der Waals surface area contributed by atoms with Crippen molar-refractivity contribution in [2.45, 2.75) is 26.4 Å². The summed E-state index contributed by atoms with van der Waals surface area (Å²) >= 11 is 1.36. The van der Waals surface area contributed by atoms with Gasteiger partial charge < -0.3 is 5.32 Å². The first-order valence-electron chi connectivity index (χ1n) is 7.37. The van der Waals surface area contributed by atoms with Crippen molar-refractivity contribution in [3.05, 3.63) is 47.4 Å². The summed E-state index contributed by atoms with van der Waals surface area (Å²) in [5, 5.41) is 11.5. The highest BCUT2D eigenvalue weighted by Crippen LogP contribution is 2.26. The number of hydrogen-bond acceptors (Lipinski definition) is 4. The first-order valence-corrected chi connectivity index (χ1v) is 8.18. The number of nitrogens with one attached hydrogen (secondary N) is 1. The summed E-state index contributed by atoms with van der Waals surface area (Å²) in [4.78, 5) is 13.1. The second-order valence-corrected chi connectivity index (χ2v) is 6.83. The van der Waals surface area contributed by atoms with Crippen molar-refractivity contribution in [2.24, 2.45) is 5.92 Å². The number of benzene rings is 1. The van der Waals surface area contributed by atoms with Gasteiger partial charge in [0.05, 0.1) is 23.7 Å². The molecule has 2 aromatic heterocycles. The second kappa shape index (κ2) is 6.45. The van der Waals surface area contributed by atoms with Crippen LogP contribution in [0.4, 0.5) is 4.39 Å². The predicted molar refractivity (Wildman–Crippen MR) is 87.9 cm³/mol. The van der Waals surface area contributed by atoms with Crippen LogP contribution in [0.15, 0.2) is 36.7 Å². The van der Waals surface area contributed by atoms with Crippen LogP contribution in [0.1, 0.15) is 23.5 Å². The Morgan fingerprint density at radius 2 is 2.22 bits per heavy atom. The summed E-state index contributed by atoms with van der Waals surface area (Å²) in [6.45, 7) is 4.65. The van der Waals surface area contributed by atoms with Gasteiger partial charge in [0.2, 0.25) is 0 Å². The maximum Gasteiger partial charge on any atom is 0.261 e. The van der Waals surface area contributed by atoms with Gasteiger partial charge in [-0.3, -0.25) is 9.48 Å². The number of rotatable bonds is 5. The minimum absolute atomic E-state index is 0.0638. The first-order chi connectivity index (χ1) is 11.0. The normalized spacial score (nSPS) is 12.7. The summed E-state index contributed by atoms with van der Waals surface area (Å²) in [5.41, 5.74) is 0. The zero-order valence-electron chi connectivity index (χ0n) is 12.9. The average molecular weight is 332 g/mol. The number of aromatic nitrogens is 3. The lowest BCUT2D eigenvalue weighted by Gasteiger charge is -2.21. The maximum atomic E-state index is 13.3. The average Bonchev–Trinajstić information content (AvgIpc) is 3.14. The van der Waals surface area contributed by atoms with Crippen LogP contribution < -0.4 is 5.32 Å². The van der Waals surface area contributed by atoms with E-state index >= 15 is 0 Å². The number of fused-ring (bicyclic) bond motifs is 1. The Morgan fingerprint density at radius 3 is 2.91 bits per heavy atom. The third-order valence-electron chi connectivity index (χ3n) is 3.68. The summed E-state index contributed by atoms with van der Waals surface area (Å²) < 4.78 is 15.9. The molecule has 3 rings (SSSR count). The van der Waals surface area contributed by atoms with Gasteiger partial charge in [-0.15, -0.1) is 16.4 Å². The van der Waals surface area contributed by atoms with Gasteiger partial charge in [-0.25, -0.2) is 4.39 Å². The molecule has 0 radical (unpaired) electrons. The van der Waals surface area contributed by atoms with Crippen molar-refractivity contribution in [1.82, 2.24) is 20.3 Å². The smallest absolute Gasteiger partial charge is 0.261 e. The van der Waals surface area contributed by atoms with E-state index in [1.165, 1.54) is 23.5 Å². The van der Waals surface area contributed by atoms with Crippen LogP contribution in [0.25, 0.3) is 10.1 Å². The summed E-state index contributed by atoms with van der Waals surface area (Å²) in [7, 11) is 0. The Balaban J connectivity index is 1.77. The van der Waals surface area contributed by atoms with Gasteiger partial charge in [-0.2, -0.15) is 0 Å². The van der Waals surface area contributed by atoms with E-state index in [0.717, 1.165) is 10.1 Å². The molecular weight excluding hydrogens is 315 g/mol. The molecule has 1 amide bonds. The van der Waals surface area contributed by atoms with E-state index in [-0.39, 0.29) is 23.7 Å². The van der Waals surface area contributed by atoms with Gasteiger partial charge in [0.1, 0.15) is 5.82 Å². The minimum atomic E-state index is -0.298. The Hall–Kier alpha value is -2.28. The summed E-state index contributed by atoms with van der Waals surface area (Å²) in [5.74, 6) is -0.200. The molecule has 1 aromatic carbocycles. The number of hydrogen-bond donors (Lipinski definition) is 1. The van der Waals surface area contributed by atoms with Gasteiger partial charge in [-0.1, -0.05) is 19.1 Å². The number of nitrogens with zero attached hydrogens (tertiary/aromatic N) is 3. The molecule has 3 aromatic rings. The van der Waals surface area contributed by atoms with Crippen molar-refractivity contribution in [3.8, 4) is 0 Å². The molecule has 0 bridgehead atoms. The van der Waals surface area contributed by atoms with Crippen LogP contribution in [-0.2, 0) is 6.54 Å². The third kappa shape index (κ3) is 3.56. The van der Waals surface area contributed by atoms with E-state index in [4.69, 9.17) is 0 Å². The molecule has 7 heteroatoms. The largest absolute Gasteiger partial charge is 0.346 e. The molecule has 0 saturated heterocycles. The van der Waals surface area contributed by atoms with Crippen LogP contribution in [0.5, 0.6) is 0 Å². The van der Waals surface area contributed by atoms with Crippen LogP contribution in [-0.4, -0.2) is 26.9 Å². The van der Waals surface area contributed by atoms with Crippen LogP contribution in [0.3, 0.4) is 0 Å². The van der Waals surface area contributed by atoms with E-state index < -0.39 is 0 Å². The van der Waals surface area contributed by atoms with E-state index in [0.29, 0.717) is 11.4 Å². The van der Waals surface area contributed by atoms with Gasteiger partial charge >= 0.3 is 0 Å². The molecule has 0 spiro atoms. The van der Waals surface area contributed by atoms with E-state index in [1.54, 1.807) is 29.2 Å². The van der Waals surface area contributed by atoms with Crippen LogP contribution >= 0.6 is 11.3 Å². The van der Waals surface area contributed by atoms with E-state index in [1.807, 2.05) is 13.8 Å². The lowest BCUT2D eigenvalue weighted by molar-refractivity contribution is 0.0923. The Labute approximate surface area is 137 Å². The minimum Gasteiger partial charge on any atom is -0.346 e. The second-order valence-electron chi connectivity index (χ2n) is 5.74. The zero-order valence-corrected chi connectivity index (χ0v) is 13.7. The quantitative estimate of drug-likeness (QED) is 0.781. The lowest BCUT2D eigenvalue weighted by atomic mass is 10.0. The molecule has 0 aliphatic heterocycles. The fraction of sp³-hybridized carbons (Fsp3) is 0.312. The zero-order chi connectivity index (χ0) is 16.4. The topological polar surface area (TPSA) is 59.8 Å². The molecular formula is C16H17FN4OS. The number of carbonyl (C=O) groups excluding carboxylic acids is 1. The SMILES string of the molecule is CC(C)C(Cn1ccnn1)NC(=O)c1cc2cc(F)ccc2s1. The molecule has 0 aliphatic carbocycles. The number of carbonyl (C=O) groups is 1. The van der Waals surface area contributed by atoms with Crippen molar-refractivity contribution in [3.63, 3.8) is 0 Å². The van der Waals surface area contributed by atoms with Crippen molar-refractivity contribution in [2.75, 3.05) is 0 Å². The number of thiophene rings is 1. The summed E-state index contributed by atoms with van der Waals surface area (Å²) in [6, 6.07) is 6.21. The van der Waals surface area contributed by atoms with Crippen molar-refractivity contribution >= 4 is 27.3 Å². The highest BCUT2D eigenvalue weighted by molar-refractivity contribution is 7.20. The van der Waals surface area contributed by atoms with Gasteiger partial charge in [0, 0.05) is 10.9 Å². The Morgan fingerprint density at radius 1 is 1.39 bits per heavy atom. The molecule has 2 heterocycles. The first kappa shape index (κ1) is 15.6. The molecule has 5 nitrogen and oxygen atoms in total. The molecule has 23 heavy (non-hydrogen) atoms. The monoisotopic (exact) mass is 332 g/mol. The predicted octanol–water partition coefficient (Wildman–Crippen LogP) is 3.09. The Kier molecular flexibility index (Phi) is 4.38. The highest BCUT2D eigenvalue weighted by Gasteiger charge is 2.19. The molecule has 120 valence electrons. The van der Waals surface area contributed by atoms with Gasteiger partial charge in [0.15, 0.2) is 0 Å². The van der Waals surface area contributed by atoms with Crippen molar-refractivity contribution < 1.29 is 9.18 Å². The van der Waals surface area contributed by atoms with Gasteiger partial charge in [0.25, 0.3) is 5.91 Å². The highest BCUT2D eigenvalue weighted by atomic mass is 32.1. The molecule has 0 aliphatic rings. The molecule has 1 atom stereocenters. The fourth-order valence-electron chi connectivity index (χ4n) is 2.32. The standard InChI is InChI=1S/C16H17FN4OS/c1-10(2)13(9-21-6-5-18-20-21)19-16(22)15-8-11-7-12(17)3-4-14(11)23-15/h3-8,10,13H,9H2,1-2H3,(H,19,22). The summed E-state index contributed by atoms with van der Waals surface area (Å²) in [6.07, 6.45) is 3.38. The molecule has 1 N–H and O–H groups in total. The molecule has 0 fully saturated rings. The van der Waals surface area contributed by atoms with Crippen LogP contribution in [0, 0.1) is 11.7 Å². The van der Waals surface area contributed by atoms with Gasteiger partial charge in [-0.05, 0) is 35.6 Å². The number of halogens is 1. The van der Waals surface area contributed by atoms with E-state index in [2.05, 4.69) is 15.6 Å². The van der Waals surface area contributed by atoms with Crippen molar-refractivity contribution in [1.29, 1.82) is 0 Å². The Bertz CT molecular complexity index is 813. The fourth-order valence-corrected chi connectivity index (χ4v) is 3.27. The maximum absolute atomic E-state index is 13.3. The van der Waals surface area contributed by atoms with Crippen LogP contribution in [0.2, 0.25) is 0 Å². The van der Waals surface area contributed by atoms with E-state index in [9.17, 15) is 9.18 Å². The lowest BCUT2D eigenvalue weighted by Crippen LogP contribution is -2.41. The molecule has 1 unspecified atom stereocenters. The molecule has 0 saturated carbocycles. The number of amides is 1.